The molecule has 1 atom stereocenters. The number of thiazole rings is 1. The maximum Gasteiger partial charge on any atom is 0.338 e. The lowest BCUT2D eigenvalue weighted by atomic mass is 9.93. The summed E-state index contributed by atoms with van der Waals surface area (Å²) in [6, 6.07) is 18.8. The minimum absolute atomic E-state index is 0.205. The molecule has 3 aromatic carbocycles. The van der Waals surface area contributed by atoms with Gasteiger partial charge >= 0.3 is 5.97 Å². The summed E-state index contributed by atoms with van der Waals surface area (Å²) in [4.78, 5) is 33.1. The summed E-state index contributed by atoms with van der Waals surface area (Å²) in [5.41, 5.74) is 3.36. The van der Waals surface area contributed by atoms with Crippen LogP contribution in [-0.2, 0) is 16.1 Å². The van der Waals surface area contributed by atoms with Crippen molar-refractivity contribution in [1.29, 1.82) is 0 Å². The number of nitrogens with zero attached hydrogens (tertiary/aromatic N) is 2. The van der Waals surface area contributed by atoms with Crippen LogP contribution in [0, 0.1) is 7.14 Å². The molecule has 11 heteroatoms. The third kappa shape index (κ3) is 7.00. The van der Waals surface area contributed by atoms with Gasteiger partial charge in [0.2, 0.25) is 0 Å². The van der Waals surface area contributed by atoms with Crippen molar-refractivity contribution in [2.45, 2.75) is 39.3 Å². The van der Waals surface area contributed by atoms with Crippen molar-refractivity contribution in [2.24, 2.45) is 4.99 Å². The number of carbonyl (C=O) groups excluding carboxylic acids is 1. The number of carbonyl (C=O) groups is 1. The molecule has 0 saturated carbocycles. The van der Waals surface area contributed by atoms with Crippen LogP contribution in [0.25, 0.3) is 6.08 Å². The second kappa shape index (κ2) is 14.7. The lowest BCUT2D eigenvalue weighted by molar-refractivity contribution is -0.139. The normalized spacial score (nSPS) is 14.7. The van der Waals surface area contributed by atoms with E-state index in [0.29, 0.717) is 44.9 Å². The molecule has 1 aliphatic rings. The molecule has 0 fully saturated rings. The van der Waals surface area contributed by atoms with E-state index in [4.69, 9.17) is 19.2 Å². The highest BCUT2D eigenvalue weighted by molar-refractivity contribution is 14.1. The summed E-state index contributed by atoms with van der Waals surface area (Å²) >= 11 is 9.41. The van der Waals surface area contributed by atoms with Crippen molar-refractivity contribution in [3.8, 4) is 11.5 Å². The first kappa shape index (κ1) is 32.9. The van der Waals surface area contributed by atoms with Crippen LogP contribution in [0.1, 0.15) is 49.4 Å². The zero-order valence-corrected chi connectivity index (χ0v) is 31.0. The number of hydrogen-bond acceptors (Lipinski definition) is 7. The SMILES string of the molecule is CCCC1=C(C(=O)OCC)[C@@H](c2cc(Br)ccc2OC)n2c(s/c(=C/c3cc(I)c(OCc4ccccc4)c(I)c3)c2=O)=N1. The van der Waals surface area contributed by atoms with Crippen molar-refractivity contribution in [3.63, 3.8) is 0 Å². The van der Waals surface area contributed by atoms with E-state index in [0.717, 1.165) is 34.9 Å². The molecule has 0 unspecified atom stereocenters. The molecule has 0 aliphatic carbocycles. The Labute approximate surface area is 295 Å². The van der Waals surface area contributed by atoms with E-state index < -0.39 is 12.0 Å². The van der Waals surface area contributed by atoms with Gasteiger partial charge in [-0.15, -0.1) is 0 Å². The van der Waals surface area contributed by atoms with Gasteiger partial charge in [-0.1, -0.05) is 70.9 Å². The molecule has 0 N–H and O–H groups in total. The molecule has 1 aromatic heterocycles. The Hall–Kier alpha value is -2.49. The molecule has 0 bridgehead atoms. The molecular weight excluding hydrogens is 870 g/mol. The molecule has 7 nitrogen and oxygen atoms in total. The van der Waals surface area contributed by atoms with Gasteiger partial charge in [-0.25, -0.2) is 9.79 Å². The molecule has 0 radical (unpaired) electrons. The third-order valence-electron chi connectivity index (χ3n) is 6.92. The lowest BCUT2D eigenvalue weighted by Crippen LogP contribution is -2.40. The molecule has 0 saturated heterocycles. The number of aromatic nitrogens is 1. The topological polar surface area (TPSA) is 79.1 Å². The highest BCUT2D eigenvalue weighted by atomic mass is 127. The first-order valence-electron chi connectivity index (χ1n) is 14.0. The quantitative estimate of drug-likeness (QED) is 0.125. The van der Waals surface area contributed by atoms with Crippen LogP contribution in [0.2, 0.25) is 0 Å². The first-order chi connectivity index (χ1) is 21.2. The fourth-order valence-electron chi connectivity index (χ4n) is 5.02. The standard InChI is InChI=1S/C33H29BrI2N2O5S/c1-4-9-25-28(32(40)42-5-2)29(22-17-21(34)12-13-26(22)41-3)38-31(39)27(44-33(38)37-25)16-20-14-23(35)30(24(36)15-20)43-18-19-10-7-6-8-11-19/h6-8,10-17,29H,4-5,9,18H2,1-3H3/b27-16+/t29-/m1/s1. The van der Waals surface area contributed by atoms with Crippen molar-refractivity contribution >= 4 is 84.5 Å². The molecule has 4 aromatic rings. The molecule has 228 valence electrons. The predicted molar refractivity (Wildman–Crippen MR) is 193 cm³/mol. The van der Waals surface area contributed by atoms with Crippen molar-refractivity contribution in [3.05, 3.63) is 120 Å². The Kier molecular flexibility index (Phi) is 11.0. The largest absolute Gasteiger partial charge is 0.496 e. The smallest absolute Gasteiger partial charge is 0.338 e. The molecule has 0 amide bonds. The second-order valence-electron chi connectivity index (χ2n) is 9.89. The lowest BCUT2D eigenvalue weighted by Gasteiger charge is -2.27. The number of benzene rings is 3. The number of methoxy groups -OCH3 is 1. The van der Waals surface area contributed by atoms with Gasteiger partial charge in [0, 0.05) is 10.0 Å². The van der Waals surface area contributed by atoms with E-state index in [9.17, 15) is 9.59 Å². The van der Waals surface area contributed by atoms with E-state index in [1.807, 2.05) is 73.7 Å². The van der Waals surface area contributed by atoms with Crippen molar-refractivity contribution < 1.29 is 19.0 Å². The number of allylic oxidation sites excluding steroid dienone is 1. The predicted octanol–water partition coefficient (Wildman–Crippen LogP) is 7.14. The fourth-order valence-corrected chi connectivity index (χ4v) is 8.54. The van der Waals surface area contributed by atoms with E-state index in [1.54, 1.807) is 18.6 Å². The number of ether oxygens (including phenoxy) is 3. The summed E-state index contributed by atoms with van der Waals surface area (Å²) in [6.07, 6.45) is 3.21. The van der Waals surface area contributed by atoms with Crippen molar-refractivity contribution in [2.75, 3.05) is 13.7 Å². The van der Waals surface area contributed by atoms with Gasteiger partial charge in [0.25, 0.3) is 5.56 Å². The van der Waals surface area contributed by atoms with Gasteiger partial charge < -0.3 is 14.2 Å². The first-order valence-corrected chi connectivity index (χ1v) is 17.7. The zero-order valence-electron chi connectivity index (χ0n) is 24.2. The van der Waals surface area contributed by atoms with Gasteiger partial charge in [-0.05, 0) is 106 Å². The third-order valence-corrected chi connectivity index (χ3v) is 10.0. The average molecular weight is 899 g/mol. The Morgan fingerprint density at radius 3 is 2.48 bits per heavy atom. The van der Waals surface area contributed by atoms with Gasteiger partial charge in [0.05, 0.1) is 36.7 Å². The molecular formula is C33H29BrI2N2O5S. The zero-order chi connectivity index (χ0) is 31.4. The Morgan fingerprint density at radius 1 is 1.09 bits per heavy atom. The summed E-state index contributed by atoms with van der Waals surface area (Å²) < 4.78 is 22.2. The average Bonchev–Trinajstić information content (AvgIpc) is 3.30. The highest BCUT2D eigenvalue weighted by Crippen LogP contribution is 2.38. The molecule has 2 heterocycles. The Bertz CT molecular complexity index is 1900. The number of halogens is 3. The van der Waals surface area contributed by atoms with Crippen LogP contribution in [0.3, 0.4) is 0 Å². The van der Waals surface area contributed by atoms with Gasteiger partial charge in [-0.3, -0.25) is 9.36 Å². The van der Waals surface area contributed by atoms with Crippen LogP contribution < -0.4 is 24.4 Å². The minimum atomic E-state index is -0.768. The highest BCUT2D eigenvalue weighted by Gasteiger charge is 2.36. The van der Waals surface area contributed by atoms with E-state index >= 15 is 0 Å². The Morgan fingerprint density at radius 2 is 1.82 bits per heavy atom. The van der Waals surface area contributed by atoms with Gasteiger partial charge in [-0.2, -0.15) is 0 Å². The number of rotatable bonds is 10. The molecule has 44 heavy (non-hydrogen) atoms. The number of hydrogen-bond donors (Lipinski definition) is 0. The van der Waals surface area contributed by atoms with E-state index in [2.05, 4.69) is 61.1 Å². The van der Waals surface area contributed by atoms with E-state index in [-0.39, 0.29) is 12.2 Å². The van der Waals surface area contributed by atoms with E-state index in [1.165, 1.54) is 11.3 Å². The van der Waals surface area contributed by atoms with Gasteiger partial charge in [0.15, 0.2) is 4.80 Å². The summed E-state index contributed by atoms with van der Waals surface area (Å²) in [5, 5.41) is 0. The van der Waals surface area contributed by atoms with Crippen LogP contribution in [0.15, 0.2) is 86.2 Å². The number of esters is 1. The maximum atomic E-state index is 14.2. The summed E-state index contributed by atoms with van der Waals surface area (Å²) in [5.74, 6) is 0.873. The molecule has 0 spiro atoms. The maximum absolute atomic E-state index is 14.2. The monoisotopic (exact) mass is 898 g/mol. The molecule has 5 rings (SSSR count). The Balaban J connectivity index is 1.64. The number of fused-ring (bicyclic) bond motifs is 1. The van der Waals surface area contributed by atoms with Crippen LogP contribution >= 0.6 is 72.4 Å². The minimum Gasteiger partial charge on any atom is -0.496 e. The second-order valence-corrected chi connectivity index (χ2v) is 14.1. The van der Waals surface area contributed by atoms with Crippen LogP contribution in [-0.4, -0.2) is 24.3 Å². The van der Waals surface area contributed by atoms with Crippen molar-refractivity contribution in [1.82, 2.24) is 4.57 Å². The summed E-state index contributed by atoms with van der Waals surface area (Å²) in [7, 11) is 1.58. The fraction of sp³-hybridized carbons (Fsp3) is 0.242. The van der Waals surface area contributed by atoms with Gasteiger partial charge in [0.1, 0.15) is 24.1 Å². The summed E-state index contributed by atoms with van der Waals surface area (Å²) in [6.45, 7) is 4.47. The van der Waals surface area contributed by atoms with Crippen LogP contribution in [0.5, 0.6) is 11.5 Å². The van der Waals surface area contributed by atoms with Crippen LogP contribution in [0.4, 0.5) is 0 Å². The molecule has 1 aliphatic heterocycles.